The van der Waals surface area contributed by atoms with Crippen LogP contribution in [0.25, 0.3) is 0 Å². The van der Waals surface area contributed by atoms with Gasteiger partial charge in [0.15, 0.2) is 0 Å². The maximum atomic E-state index is 12.8. The predicted molar refractivity (Wildman–Crippen MR) is 93.6 cm³/mol. The molecule has 0 spiro atoms. The average Bonchev–Trinajstić information content (AvgIpc) is 2.53. The molecule has 0 aromatic heterocycles. The zero-order valence-electron chi connectivity index (χ0n) is 14.5. The Hall–Kier alpha value is -1.01. The van der Waals surface area contributed by atoms with Gasteiger partial charge in [0.05, 0.1) is 0 Å². The zero-order valence-corrected chi connectivity index (χ0v) is 15.3. The Bertz CT molecular complexity index is 411. The fourth-order valence-corrected chi connectivity index (χ4v) is 3.60. The lowest BCUT2D eigenvalue weighted by Gasteiger charge is -2.41. The molecule has 2 unspecified atom stereocenters. The minimum absolute atomic E-state index is 0. The van der Waals surface area contributed by atoms with E-state index in [1.54, 1.807) is 19.0 Å². The van der Waals surface area contributed by atoms with Gasteiger partial charge in [-0.3, -0.25) is 4.79 Å². The third kappa shape index (κ3) is 4.73. The van der Waals surface area contributed by atoms with Crippen molar-refractivity contribution in [2.24, 2.45) is 17.6 Å². The number of amides is 3. The summed E-state index contributed by atoms with van der Waals surface area (Å²) in [6.07, 6.45) is 3.61. The molecule has 134 valence electrons. The highest BCUT2D eigenvalue weighted by atomic mass is 35.5. The van der Waals surface area contributed by atoms with Crippen molar-refractivity contribution in [3.63, 3.8) is 0 Å². The molecule has 2 atom stereocenters. The minimum atomic E-state index is 0. The van der Waals surface area contributed by atoms with E-state index in [1.165, 1.54) is 0 Å². The second-order valence-corrected chi connectivity index (χ2v) is 6.99. The normalized spacial score (nSPS) is 25.7. The van der Waals surface area contributed by atoms with Gasteiger partial charge in [-0.05, 0) is 31.6 Å². The summed E-state index contributed by atoms with van der Waals surface area (Å²) in [5.74, 6) is 0.949. The number of carbonyl (C=O) groups excluding carboxylic acids is 2. The molecule has 6 nitrogen and oxygen atoms in total. The number of urea groups is 1. The third-order valence-corrected chi connectivity index (χ3v) is 5.03. The van der Waals surface area contributed by atoms with Gasteiger partial charge in [-0.1, -0.05) is 6.92 Å². The molecule has 0 aromatic carbocycles. The Morgan fingerprint density at radius 1 is 1.13 bits per heavy atom. The topological polar surface area (TPSA) is 69.9 Å². The van der Waals surface area contributed by atoms with Crippen LogP contribution in [0, 0.1) is 11.8 Å². The van der Waals surface area contributed by atoms with Gasteiger partial charge in [0.1, 0.15) is 0 Å². The number of piperidine rings is 2. The van der Waals surface area contributed by atoms with Crippen molar-refractivity contribution >= 4 is 24.3 Å². The lowest BCUT2D eigenvalue weighted by atomic mass is 9.89. The van der Waals surface area contributed by atoms with E-state index in [2.05, 4.69) is 6.92 Å². The van der Waals surface area contributed by atoms with Crippen LogP contribution in [0.1, 0.15) is 32.6 Å². The number of hydrogen-bond acceptors (Lipinski definition) is 3. The number of rotatable bonds is 2. The highest BCUT2D eigenvalue weighted by Gasteiger charge is 2.35. The molecule has 0 radical (unpaired) electrons. The molecule has 23 heavy (non-hydrogen) atoms. The summed E-state index contributed by atoms with van der Waals surface area (Å²) in [5.41, 5.74) is 5.87. The fraction of sp³-hybridized carbons (Fsp3) is 0.875. The summed E-state index contributed by atoms with van der Waals surface area (Å²) in [7, 11) is 3.53. The summed E-state index contributed by atoms with van der Waals surface area (Å²) in [5, 5.41) is 0. The van der Waals surface area contributed by atoms with E-state index >= 15 is 0 Å². The Balaban J connectivity index is 0.00000264. The Morgan fingerprint density at radius 3 is 2.26 bits per heavy atom. The van der Waals surface area contributed by atoms with Crippen LogP contribution in [0.3, 0.4) is 0 Å². The van der Waals surface area contributed by atoms with Crippen LogP contribution in [-0.2, 0) is 4.79 Å². The van der Waals surface area contributed by atoms with Gasteiger partial charge in [0.2, 0.25) is 5.91 Å². The fourth-order valence-electron chi connectivity index (χ4n) is 3.60. The number of halogens is 1. The molecule has 2 fully saturated rings. The molecule has 0 aromatic rings. The zero-order chi connectivity index (χ0) is 16.3. The number of carbonyl (C=O) groups is 2. The van der Waals surface area contributed by atoms with Gasteiger partial charge in [-0.2, -0.15) is 0 Å². The van der Waals surface area contributed by atoms with E-state index in [0.717, 1.165) is 32.2 Å². The van der Waals surface area contributed by atoms with E-state index in [9.17, 15) is 9.59 Å². The van der Waals surface area contributed by atoms with Crippen molar-refractivity contribution in [3.8, 4) is 0 Å². The Kier molecular flexibility index (Phi) is 7.61. The lowest BCUT2D eigenvalue weighted by Crippen LogP contribution is -2.53. The monoisotopic (exact) mass is 346 g/mol. The molecule has 2 heterocycles. The number of hydrogen-bond donors (Lipinski definition) is 1. The SMILES string of the molecule is CC1CCN(C(=O)C2CCN(C(=O)N(C)C)CC2)C(CN)C1.Cl. The smallest absolute Gasteiger partial charge is 0.319 e. The molecular weight excluding hydrogens is 316 g/mol. The largest absolute Gasteiger partial charge is 0.338 e. The van der Waals surface area contributed by atoms with Crippen LogP contribution in [0.5, 0.6) is 0 Å². The molecule has 2 N–H and O–H groups in total. The van der Waals surface area contributed by atoms with Crippen LogP contribution in [0.2, 0.25) is 0 Å². The molecule has 3 amide bonds. The Labute approximate surface area is 145 Å². The van der Waals surface area contributed by atoms with Crippen molar-refractivity contribution in [1.82, 2.24) is 14.7 Å². The number of nitrogens with two attached hydrogens (primary N) is 1. The van der Waals surface area contributed by atoms with E-state index in [0.29, 0.717) is 25.6 Å². The molecule has 2 aliphatic heterocycles. The van der Waals surface area contributed by atoms with Crippen molar-refractivity contribution in [2.75, 3.05) is 40.3 Å². The molecular formula is C16H31ClN4O2. The van der Waals surface area contributed by atoms with Gasteiger partial charge < -0.3 is 20.4 Å². The lowest BCUT2D eigenvalue weighted by molar-refractivity contribution is -0.141. The molecule has 0 saturated carbocycles. The maximum absolute atomic E-state index is 12.8. The van der Waals surface area contributed by atoms with Crippen LogP contribution in [0.4, 0.5) is 4.79 Å². The first kappa shape index (κ1) is 20.0. The van der Waals surface area contributed by atoms with Gasteiger partial charge in [-0.25, -0.2) is 4.79 Å². The average molecular weight is 347 g/mol. The first-order valence-electron chi connectivity index (χ1n) is 8.40. The van der Waals surface area contributed by atoms with Gasteiger partial charge in [-0.15, -0.1) is 12.4 Å². The molecule has 7 heteroatoms. The minimum Gasteiger partial charge on any atom is -0.338 e. The second kappa shape index (κ2) is 8.73. The summed E-state index contributed by atoms with van der Waals surface area (Å²) in [6, 6.07) is 0.232. The first-order valence-corrected chi connectivity index (χ1v) is 8.40. The van der Waals surface area contributed by atoms with Crippen LogP contribution in [-0.4, -0.2) is 73.0 Å². The van der Waals surface area contributed by atoms with Crippen LogP contribution >= 0.6 is 12.4 Å². The van der Waals surface area contributed by atoms with Gasteiger partial charge >= 0.3 is 6.03 Å². The second-order valence-electron chi connectivity index (χ2n) is 6.99. The first-order chi connectivity index (χ1) is 10.4. The van der Waals surface area contributed by atoms with Crippen LogP contribution < -0.4 is 5.73 Å². The number of likely N-dealkylation sites (tertiary alicyclic amines) is 2. The van der Waals surface area contributed by atoms with Crippen molar-refractivity contribution < 1.29 is 9.59 Å². The van der Waals surface area contributed by atoms with Crippen LogP contribution in [0.15, 0.2) is 0 Å². The summed E-state index contributed by atoms with van der Waals surface area (Å²) in [6.45, 7) is 4.96. The Morgan fingerprint density at radius 2 is 1.74 bits per heavy atom. The highest BCUT2D eigenvalue weighted by molar-refractivity contribution is 5.85. The van der Waals surface area contributed by atoms with Gasteiger partial charge in [0, 0.05) is 52.2 Å². The van der Waals surface area contributed by atoms with Crippen molar-refractivity contribution in [3.05, 3.63) is 0 Å². The quantitative estimate of drug-likeness (QED) is 0.821. The molecule has 0 aliphatic carbocycles. The van der Waals surface area contributed by atoms with E-state index < -0.39 is 0 Å². The molecule has 2 rings (SSSR count). The highest BCUT2D eigenvalue weighted by Crippen LogP contribution is 2.27. The predicted octanol–water partition coefficient (Wildman–Crippen LogP) is 1.39. The molecule has 2 saturated heterocycles. The van der Waals surface area contributed by atoms with E-state index in [1.807, 2.05) is 9.80 Å². The summed E-state index contributed by atoms with van der Waals surface area (Å²) < 4.78 is 0. The maximum Gasteiger partial charge on any atom is 0.319 e. The van der Waals surface area contributed by atoms with Crippen molar-refractivity contribution in [1.29, 1.82) is 0 Å². The number of nitrogens with zero attached hydrogens (tertiary/aromatic N) is 3. The van der Waals surface area contributed by atoms with Crippen molar-refractivity contribution in [2.45, 2.75) is 38.6 Å². The molecule has 0 bridgehead atoms. The van der Waals surface area contributed by atoms with E-state index in [4.69, 9.17) is 5.73 Å². The van der Waals surface area contributed by atoms with E-state index in [-0.39, 0.29) is 36.3 Å². The standard InChI is InChI=1S/C16H30N4O2.ClH/c1-12-4-9-20(14(10-12)11-17)15(21)13-5-7-19(8-6-13)16(22)18(2)3;/h12-14H,4-11,17H2,1-3H3;1H. The summed E-state index contributed by atoms with van der Waals surface area (Å²) in [4.78, 5) is 30.2. The third-order valence-electron chi connectivity index (χ3n) is 5.03. The molecule has 2 aliphatic rings. The summed E-state index contributed by atoms with van der Waals surface area (Å²) >= 11 is 0. The van der Waals surface area contributed by atoms with Gasteiger partial charge in [0.25, 0.3) is 0 Å².